The Balaban J connectivity index is 1.97. The van der Waals surface area contributed by atoms with Crippen molar-refractivity contribution in [3.05, 3.63) is 59.5 Å². The van der Waals surface area contributed by atoms with Crippen LogP contribution in [0, 0.1) is 6.92 Å². The monoisotopic (exact) mass is 272 g/mol. The fourth-order valence-corrected chi connectivity index (χ4v) is 2.02. The highest BCUT2D eigenvalue weighted by Crippen LogP contribution is 2.09. The molecule has 0 saturated heterocycles. The molecule has 0 aliphatic rings. The molecule has 0 aliphatic carbocycles. The van der Waals surface area contributed by atoms with Gasteiger partial charge in [0.25, 0.3) is 0 Å². The number of nitrogens with one attached hydrogen (secondary N) is 1. The van der Waals surface area contributed by atoms with Crippen LogP contribution >= 0.6 is 0 Å². The summed E-state index contributed by atoms with van der Waals surface area (Å²) in [6.07, 6.45) is 2.45. The third-order valence-corrected chi connectivity index (χ3v) is 3.22. The zero-order chi connectivity index (χ0) is 14.4. The second-order valence-corrected chi connectivity index (χ2v) is 4.79. The zero-order valence-corrected chi connectivity index (χ0v) is 11.9. The van der Waals surface area contributed by atoms with Crippen molar-refractivity contribution in [2.75, 3.05) is 13.6 Å². The molecule has 2 rings (SSSR count). The van der Waals surface area contributed by atoms with Crippen LogP contribution in [0.2, 0.25) is 0 Å². The van der Waals surface area contributed by atoms with Crippen molar-refractivity contribution >= 4 is 6.03 Å². The van der Waals surface area contributed by atoms with E-state index in [9.17, 15) is 4.79 Å². The van der Waals surface area contributed by atoms with Crippen LogP contribution in [0.3, 0.4) is 0 Å². The first-order chi connectivity index (χ1) is 9.69. The number of hydrogen-bond acceptors (Lipinski definition) is 2. The molecule has 0 aliphatic heterocycles. The van der Waals surface area contributed by atoms with Crippen molar-refractivity contribution in [3.8, 4) is 0 Å². The molecule has 0 fully saturated rings. The molecule has 1 aromatic carbocycles. The lowest BCUT2D eigenvalue weighted by Gasteiger charge is -2.21. The van der Waals surface area contributed by atoms with Crippen molar-refractivity contribution in [1.29, 1.82) is 0 Å². The van der Waals surface area contributed by atoms with Gasteiger partial charge in [0, 0.05) is 13.6 Å². The van der Waals surface area contributed by atoms with Gasteiger partial charge in [0.2, 0.25) is 0 Å². The van der Waals surface area contributed by atoms with E-state index in [1.807, 2.05) is 12.1 Å². The first-order valence-electron chi connectivity index (χ1n) is 6.73. The Hall–Kier alpha value is -2.23. The number of carbonyl (C=O) groups excluding carboxylic acids is 1. The molecule has 4 nitrogen and oxygen atoms in total. The van der Waals surface area contributed by atoms with Gasteiger partial charge in [-0.3, -0.25) is 0 Å². The van der Waals surface area contributed by atoms with Crippen LogP contribution in [0.1, 0.15) is 16.9 Å². The summed E-state index contributed by atoms with van der Waals surface area (Å²) in [6, 6.07) is 12.0. The third kappa shape index (κ3) is 3.88. The molecular formula is C16H20N2O2. The van der Waals surface area contributed by atoms with Crippen molar-refractivity contribution in [3.63, 3.8) is 0 Å². The third-order valence-electron chi connectivity index (χ3n) is 3.22. The number of benzene rings is 1. The second-order valence-electron chi connectivity index (χ2n) is 4.79. The van der Waals surface area contributed by atoms with Gasteiger partial charge in [-0.25, -0.2) is 4.79 Å². The first-order valence-corrected chi connectivity index (χ1v) is 6.73. The zero-order valence-electron chi connectivity index (χ0n) is 11.9. The summed E-state index contributed by atoms with van der Waals surface area (Å²) >= 11 is 0. The Morgan fingerprint density at radius 1 is 1.25 bits per heavy atom. The Morgan fingerprint density at radius 2 is 2.00 bits per heavy atom. The van der Waals surface area contributed by atoms with Gasteiger partial charge in [-0.15, -0.1) is 0 Å². The SMILES string of the molecule is CNC(=O)N(CCc1ccc(C)cc1)Cc1ccco1. The molecule has 0 bridgehead atoms. The number of nitrogens with zero attached hydrogens (tertiary/aromatic N) is 1. The van der Waals surface area contributed by atoms with Crippen LogP contribution in [-0.4, -0.2) is 24.5 Å². The van der Waals surface area contributed by atoms with Gasteiger partial charge >= 0.3 is 6.03 Å². The molecule has 1 N–H and O–H groups in total. The summed E-state index contributed by atoms with van der Waals surface area (Å²) in [5, 5.41) is 2.67. The van der Waals surface area contributed by atoms with Gasteiger partial charge in [0.15, 0.2) is 0 Å². The fraction of sp³-hybridized carbons (Fsp3) is 0.312. The van der Waals surface area contributed by atoms with E-state index in [0.717, 1.165) is 12.2 Å². The van der Waals surface area contributed by atoms with Crippen molar-refractivity contribution in [2.45, 2.75) is 19.9 Å². The number of amides is 2. The minimum Gasteiger partial charge on any atom is -0.467 e. The Morgan fingerprint density at radius 3 is 2.60 bits per heavy atom. The summed E-state index contributed by atoms with van der Waals surface area (Å²) in [5.74, 6) is 0.789. The maximum atomic E-state index is 11.9. The molecule has 0 spiro atoms. The van der Waals surface area contributed by atoms with E-state index >= 15 is 0 Å². The van der Waals surface area contributed by atoms with E-state index in [-0.39, 0.29) is 6.03 Å². The molecule has 0 saturated carbocycles. The highest BCUT2D eigenvalue weighted by Gasteiger charge is 2.13. The minimum atomic E-state index is -0.0893. The van der Waals surface area contributed by atoms with Crippen molar-refractivity contribution < 1.29 is 9.21 Å². The Kier molecular flexibility index (Phi) is 4.82. The number of carbonyl (C=O) groups is 1. The van der Waals surface area contributed by atoms with Crippen LogP contribution in [0.4, 0.5) is 4.79 Å². The van der Waals surface area contributed by atoms with Gasteiger partial charge < -0.3 is 14.6 Å². The molecule has 2 aromatic rings. The number of urea groups is 1. The van der Waals surface area contributed by atoms with E-state index in [0.29, 0.717) is 13.1 Å². The van der Waals surface area contributed by atoms with Gasteiger partial charge in [0.1, 0.15) is 5.76 Å². The summed E-state index contributed by atoms with van der Waals surface area (Å²) in [4.78, 5) is 13.6. The number of furan rings is 1. The second kappa shape index (κ2) is 6.80. The van der Waals surface area contributed by atoms with Crippen LogP contribution in [0.5, 0.6) is 0 Å². The van der Waals surface area contributed by atoms with E-state index in [1.165, 1.54) is 11.1 Å². The van der Waals surface area contributed by atoms with E-state index in [1.54, 1.807) is 18.2 Å². The van der Waals surface area contributed by atoms with Gasteiger partial charge in [-0.05, 0) is 31.0 Å². The molecule has 0 radical (unpaired) electrons. The average Bonchev–Trinajstić information content (AvgIpc) is 2.97. The van der Waals surface area contributed by atoms with Crippen LogP contribution in [0.25, 0.3) is 0 Å². The Labute approximate surface area is 119 Å². The molecule has 1 aromatic heterocycles. The minimum absolute atomic E-state index is 0.0893. The van der Waals surface area contributed by atoms with E-state index < -0.39 is 0 Å². The van der Waals surface area contributed by atoms with Crippen molar-refractivity contribution in [2.24, 2.45) is 0 Å². The van der Waals surface area contributed by atoms with Crippen molar-refractivity contribution in [1.82, 2.24) is 10.2 Å². The maximum absolute atomic E-state index is 11.9. The molecule has 0 atom stereocenters. The predicted octanol–water partition coefficient (Wildman–Crippen LogP) is 2.97. The van der Waals surface area contributed by atoms with Gasteiger partial charge in [0.05, 0.1) is 12.8 Å². The summed E-state index contributed by atoms with van der Waals surface area (Å²) in [7, 11) is 1.64. The van der Waals surface area contributed by atoms with Crippen LogP contribution < -0.4 is 5.32 Å². The average molecular weight is 272 g/mol. The molecule has 0 unspecified atom stereocenters. The quantitative estimate of drug-likeness (QED) is 0.909. The summed E-state index contributed by atoms with van der Waals surface area (Å²) in [5.41, 5.74) is 2.47. The molecule has 20 heavy (non-hydrogen) atoms. The van der Waals surface area contributed by atoms with Gasteiger partial charge in [-0.1, -0.05) is 29.8 Å². The standard InChI is InChI=1S/C16H20N2O2/c1-13-5-7-14(8-6-13)9-10-18(16(19)17-2)12-15-4-3-11-20-15/h3-8,11H,9-10,12H2,1-2H3,(H,17,19). The fourth-order valence-electron chi connectivity index (χ4n) is 2.02. The largest absolute Gasteiger partial charge is 0.467 e. The van der Waals surface area contributed by atoms with E-state index in [2.05, 4.69) is 36.5 Å². The Bertz CT molecular complexity index is 532. The number of hydrogen-bond donors (Lipinski definition) is 1. The highest BCUT2D eigenvalue weighted by atomic mass is 16.3. The highest BCUT2D eigenvalue weighted by molar-refractivity contribution is 5.73. The lowest BCUT2D eigenvalue weighted by atomic mass is 10.1. The topological polar surface area (TPSA) is 45.5 Å². The van der Waals surface area contributed by atoms with E-state index in [4.69, 9.17) is 4.42 Å². The summed E-state index contributed by atoms with van der Waals surface area (Å²) < 4.78 is 5.30. The first kappa shape index (κ1) is 14.2. The van der Waals surface area contributed by atoms with Gasteiger partial charge in [-0.2, -0.15) is 0 Å². The maximum Gasteiger partial charge on any atom is 0.317 e. The normalized spacial score (nSPS) is 10.3. The molecule has 2 amide bonds. The predicted molar refractivity (Wildman–Crippen MR) is 78.5 cm³/mol. The molecule has 4 heteroatoms. The van der Waals surface area contributed by atoms with Crippen LogP contribution in [0.15, 0.2) is 47.1 Å². The number of rotatable bonds is 5. The smallest absolute Gasteiger partial charge is 0.317 e. The lowest BCUT2D eigenvalue weighted by molar-refractivity contribution is 0.193. The molecular weight excluding hydrogens is 252 g/mol. The lowest BCUT2D eigenvalue weighted by Crippen LogP contribution is -2.38. The summed E-state index contributed by atoms with van der Waals surface area (Å²) in [6.45, 7) is 3.21. The number of aryl methyl sites for hydroxylation is 1. The molecule has 106 valence electrons. The van der Waals surface area contributed by atoms with Crippen LogP contribution in [-0.2, 0) is 13.0 Å². The molecule has 1 heterocycles.